The molecule has 0 radical (unpaired) electrons. The van der Waals surface area contributed by atoms with Crippen molar-refractivity contribution in [3.63, 3.8) is 0 Å². The topological polar surface area (TPSA) is 64.4 Å². The molecule has 0 aromatic heterocycles. The number of rotatable bonds is 6. The summed E-state index contributed by atoms with van der Waals surface area (Å²) in [6.45, 7) is 0.966. The molecule has 0 saturated carbocycles. The fraction of sp³-hybridized carbons (Fsp3) is 0.462. The molecule has 0 saturated heterocycles. The minimum Gasteiger partial charge on any atom is -0.433 e. The van der Waals surface area contributed by atoms with Crippen LogP contribution in [0.15, 0.2) is 18.2 Å². The van der Waals surface area contributed by atoms with E-state index in [1.54, 1.807) is 0 Å². The Balaban J connectivity index is 2.69. The minimum atomic E-state index is -2.95. The molecule has 1 unspecified atom stereocenters. The van der Waals surface area contributed by atoms with Crippen molar-refractivity contribution in [1.29, 1.82) is 0 Å². The van der Waals surface area contributed by atoms with Gasteiger partial charge in [-0.15, -0.1) is 0 Å². The maximum Gasteiger partial charge on any atom is 0.387 e. The zero-order valence-electron chi connectivity index (χ0n) is 11.2. The molecule has 1 aromatic carbocycles. The van der Waals surface area contributed by atoms with E-state index in [9.17, 15) is 13.6 Å². The molecular weight excluding hydrogens is 290 g/mol. The lowest BCUT2D eigenvalue weighted by Gasteiger charge is -2.15. The van der Waals surface area contributed by atoms with Gasteiger partial charge in [0.25, 0.3) is 0 Å². The van der Waals surface area contributed by atoms with E-state index >= 15 is 0 Å². The monoisotopic (exact) mass is 306 g/mol. The van der Waals surface area contributed by atoms with E-state index in [-0.39, 0.29) is 16.7 Å². The molecule has 0 fully saturated rings. The molecule has 0 aliphatic carbocycles. The number of ether oxygens (including phenoxy) is 1. The predicted octanol–water partition coefficient (Wildman–Crippen LogP) is 3.25. The first kappa shape index (κ1) is 16.7. The van der Waals surface area contributed by atoms with Crippen LogP contribution in [0, 0.1) is 5.92 Å². The summed E-state index contributed by atoms with van der Waals surface area (Å²) in [5, 5.41) is 2.56. The van der Waals surface area contributed by atoms with E-state index in [1.807, 2.05) is 13.8 Å². The molecule has 20 heavy (non-hydrogen) atoms. The van der Waals surface area contributed by atoms with Gasteiger partial charge in [0.1, 0.15) is 5.75 Å². The number of hydrogen-bond acceptors (Lipinski definition) is 3. The molecule has 4 nitrogen and oxygen atoms in total. The van der Waals surface area contributed by atoms with Gasteiger partial charge in [-0.25, -0.2) is 0 Å². The van der Waals surface area contributed by atoms with Crippen molar-refractivity contribution in [1.82, 2.24) is 0 Å². The van der Waals surface area contributed by atoms with E-state index in [0.29, 0.717) is 18.0 Å². The van der Waals surface area contributed by atoms with Crippen molar-refractivity contribution in [2.24, 2.45) is 11.7 Å². The van der Waals surface area contributed by atoms with Crippen LogP contribution < -0.4 is 15.8 Å². The van der Waals surface area contributed by atoms with Gasteiger partial charge in [-0.2, -0.15) is 8.78 Å². The Bertz CT molecular complexity index is 470. The number of benzene rings is 1. The number of alkyl halides is 2. The van der Waals surface area contributed by atoms with Crippen molar-refractivity contribution >= 4 is 23.2 Å². The van der Waals surface area contributed by atoms with Crippen LogP contribution in [0.5, 0.6) is 5.75 Å². The van der Waals surface area contributed by atoms with Crippen LogP contribution in [0.2, 0.25) is 5.02 Å². The average molecular weight is 307 g/mol. The van der Waals surface area contributed by atoms with Gasteiger partial charge >= 0.3 is 6.61 Å². The number of halogens is 3. The van der Waals surface area contributed by atoms with Crippen molar-refractivity contribution in [2.75, 3.05) is 5.32 Å². The summed E-state index contributed by atoms with van der Waals surface area (Å²) in [5.74, 6) is -0.204. The normalized spacial score (nSPS) is 12.6. The largest absolute Gasteiger partial charge is 0.433 e. The average Bonchev–Trinajstić information content (AvgIpc) is 2.31. The summed E-state index contributed by atoms with van der Waals surface area (Å²) in [6.07, 6.45) is 0.548. The SMILES string of the molecule is CC(C)CC(N)C(=O)Nc1ccc(OC(F)F)c(Cl)c1. The third kappa shape index (κ3) is 5.30. The molecule has 1 atom stereocenters. The number of carbonyl (C=O) groups excluding carboxylic acids is 1. The molecular formula is C13H17ClF2N2O2. The summed E-state index contributed by atoms with van der Waals surface area (Å²) in [7, 11) is 0. The smallest absolute Gasteiger partial charge is 0.387 e. The quantitative estimate of drug-likeness (QED) is 0.848. The second-order valence-electron chi connectivity index (χ2n) is 4.75. The van der Waals surface area contributed by atoms with Crippen molar-refractivity contribution in [3.05, 3.63) is 23.2 Å². The second kappa shape index (κ2) is 7.40. The number of nitrogens with one attached hydrogen (secondary N) is 1. The standard InChI is InChI=1S/C13H17ClF2N2O2/c1-7(2)5-10(17)12(19)18-8-3-4-11(9(14)6-8)20-13(15)16/h3-4,6-7,10,13H,5,17H2,1-2H3,(H,18,19). The number of carbonyl (C=O) groups is 1. The molecule has 1 amide bonds. The zero-order chi connectivity index (χ0) is 15.3. The Morgan fingerprint density at radius 3 is 2.60 bits per heavy atom. The van der Waals surface area contributed by atoms with E-state index in [4.69, 9.17) is 17.3 Å². The lowest BCUT2D eigenvalue weighted by atomic mass is 10.0. The van der Waals surface area contributed by atoms with Gasteiger partial charge in [0.15, 0.2) is 0 Å². The fourth-order valence-corrected chi connectivity index (χ4v) is 1.85. The Morgan fingerprint density at radius 1 is 1.45 bits per heavy atom. The fourth-order valence-electron chi connectivity index (χ4n) is 1.62. The van der Waals surface area contributed by atoms with Crippen LogP contribution in [-0.4, -0.2) is 18.6 Å². The molecule has 1 aromatic rings. The molecule has 0 heterocycles. The van der Waals surface area contributed by atoms with E-state index < -0.39 is 12.7 Å². The van der Waals surface area contributed by atoms with Crippen LogP contribution in [0.25, 0.3) is 0 Å². The van der Waals surface area contributed by atoms with Crippen molar-refractivity contribution in [3.8, 4) is 5.75 Å². The Hall–Kier alpha value is -1.40. The van der Waals surface area contributed by atoms with Crippen LogP contribution in [0.1, 0.15) is 20.3 Å². The number of anilines is 1. The first-order valence-corrected chi connectivity index (χ1v) is 6.48. The molecule has 1 rings (SSSR count). The second-order valence-corrected chi connectivity index (χ2v) is 5.16. The van der Waals surface area contributed by atoms with Gasteiger partial charge in [0, 0.05) is 5.69 Å². The highest BCUT2D eigenvalue weighted by Crippen LogP contribution is 2.29. The highest BCUT2D eigenvalue weighted by molar-refractivity contribution is 6.32. The van der Waals surface area contributed by atoms with Gasteiger partial charge in [-0.3, -0.25) is 4.79 Å². The van der Waals surface area contributed by atoms with Gasteiger partial charge in [0.2, 0.25) is 5.91 Å². The molecule has 0 spiro atoms. The number of nitrogens with two attached hydrogens (primary N) is 1. The van der Waals surface area contributed by atoms with Crippen LogP contribution in [-0.2, 0) is 4.79 Å². The van der Waals surface area contributed by atoms with Gasteiger partial charge in [0.05, 0.1) is 11.1 Å². The van der Waals surface area contributed by atoms with Crippen LogP contribution in [0.4, 0.5) is 14.5 Å². The molecule has 7 heteroatoms. The van der Waals surface area contributed by atoms with E-state index in [1.165, 1.54) is 18.2 Å². The molecule has 0 aliphatic heterocycles. The van der Waals surface area contributed by atoms with E-state index in [2.05, 4.69) is 10.1 Å². The van der Waals surface area contributed by atoms with E-state index in [0.717, 1.165) is 0 Å². The summed E-state index contributed by atoms with van der Waals surface area (Å²) >= 11 is 5.78. The Kier molecular flexibility index (Phi) is 6.16. The first-order valence-electron chi connectivity index (χ1n) is 6.10. The molecule has 0 bridgehead atoms. The first-order chi connectivity index (χ1) is 9.29. The van der Waals surface area contributed by atoms with Crippen molar-refractivity contribution in [2.45, 2.75) is 32.9 Å². The molecule has 3 N–H and O–H groups in total. The third-order valence-electron chi connectivity index (χ3n) is 2.48. The summed E-state index contributed by atoms with van der Waals surface area (Å²) in [5.41, 5.74) is 6.11. The summed E-state index contributed by atoms with van der Waals surface area (Å²) in [6, 6.07) is 3.38. The summed E-state index contributed by atoms with van der Waals surface area (Å²) < 4.78 is 28.3. The minimum absolute atomic E-state index is 0.0134. The maximum absolute atomic E-state index is 12.1. The van der Waals surface area contributed by atoms with Gasteiger partial charge < -0.3 is 15.8 Å². The Morgan fingerprint density at radius 2 is 2.10 bits per heavy atom. The third-order valence-corrected chi connectivity index (χ3v) is 2.77. The molecule has 112 valence electrons. The number of amides is 1. The number of hydrogen-bond donors (Lipinski definition) is 2. The van der Waals surface area contributed by atoms with Crippen LogP contribution in [0.3, 0.4) is 0 Å². The van der Waals surface area contributed by atoms with Crippen molar-refractivity contribution < 1.29 is 18.3 Å². The summed E-state index contributed by atoms with van der Waals surface area (Å²) in [4.78, 5) is 11.8. The predicted molar refractivity (Wildman–Crippen MR) is 74.1 cm³/mol. The van der Waals surface area contributed by atoms with Gasteiger partial charge in [-0.05, 0) is 30.5 Å². The Labute approximate surface area is 121 Å². The zero-order valence-corrected chi connectivity index (χ0v) is 12.0. The van der Waals surface area contributed by atoms with Crippen LogP contribution >= 0.6 is 11.6 Å². The lowest BCUT2D eigenvalue weighted by molar-refractivity contribution is -0.117. The van der Waals surface area contributed by atoms with Gasteiger partial charge in [-0.1, -0.05) is 25.4 Å². The lowest BCUT2D eigenvalue weighted by Crippen LogP contribution is -2.36. The molecule has 0 aliphatic rings. The maximum atomic E-state index is 12.1. The highest BCUT2D eigenvalue weighted by atomic mass is 35.5. The highest BCUT2D eigenvalue weighted by Gasteiger charge is 2.16.